The van der Waals surface area contributed by atoms with E-state index >= 15 is 0 Å². The van der Waals surface area contributed by atoms with Crippen LogP contribution >= 0.6 is 15.9 Å². The van der Waals surface area contributed by atoms with Crippen LogP contribution in [0, 0.1) is 0 Å². The van der Waals surface area contributed by atoms with Crippen LogP contribution in [0.3, 0.4) is 0 Å². The zero-order valence-electron chi connectivity index (χ0n) is 9.09. The molecule has 0 bridgehead atoms. The lowest BCUT2D eigenvalue weighted by molar-refractivity contribution is 0.466. The lowest BCUT2D eigenvalue weighted by Crippen LogP contribution is -2.32. The minimum Gasteiger partial charge on any atom is -0.361 e. The van der Waals surface area contributed by atoms with Crippen molar-refractivity contribution < 1.29 is 0 Å². The van der Waals surface area contributed by atoms with Crippen molar-refractivity contribution in [3.05, 3.63) is 34.4 Å². The molecule has 3 heteroatoms. The van der Waals surface area contributed by atoms with E-state index in [1.54, 1.807) is 0 Å². The van der Waals surface area contributed by atoms with Crippen LogP contribution in [0.15, 0.2) is 28.9 Å². The van der Waals surface area contributed by atoms with Crippen molar-refractivity contribution >= 4 is 26.8 Å². The van der Waals surface area contributed by atoms with Crippen molar-refractivity contribution in [2.45, 2.75) is 31.2 Å². The molecule has 0 spiro atoms. The van der Waals surface area contributed by atoms with Gasteiger partial charge in [0.2, 0.25) is 0 Å². The van der Waals surface area contributed by atoms with Crippen molar-refractivity contribution in [2.24, 2.45) is 5.73 Å². The predicted octanol–water partition coefficient (Wildman–Crippen LogP) is 3.66. The summed E-state index contributed by atoms with van der Waals surface area (Å²) in [6.45, 7) is 0. The summed E-state index contributed by atoms with van der Waals surface area (Å²) in [5.74, 6) is 0. The third-order valence-electron chi connectivity index (χ3n) is 3.68. The maximum atomic E-state index is 6.51. The second-order valence-electron chi connectivity index (χ2n) is 4.76. The largest absolute Gasteiger partial charge is 0.361 e. The van der Waals surface area contributed by atoms with Crippen LogP contribution < -0.4 is 5.73 Å². The molecule has 1 aliphatic carbocycles. The van der Waals surface area contributed by atoms with Gasteiger partial charge in [0, 0.05) is 27.1 Å². The summed E-state index contributed by atoms with van der Waals surface area (Å²) >= 11 is 3.52. The van der Waals surface area contributed by atoms with Crippen molar-refractivity contribution in [1.29, 1.82) is 0 Å². The Morgan fingerprint density at radius 2 is 2.00 bits per heavy atom. The molecule has 0 aliphatic heterocycles. The number of aromatic amines is 1. The molecule has 0 amide bonds. The van der Waals surface area contributed by atoms with E-state index in [1.165, 1.54) is 29.3 Å². The molecule has 1 aromatic carbocycles. The van der Waals surface area contributed by atoms with Crippen molar-refractivity contribution in [1.82, 2.24) is 4.98 Å². The highest BCUT2D eigenvalue weighted by Gasteiger charge is 2.33. The van der Waals surface area contributed by atoms with Gasteiger partial charge in [-0.2, -0.15) is 0 Å². The molecule has 0 radical (unpaired) electrons. The number of nitrogens with one attached hydrogen (secondary N) is 1. The van der Waals surface area contributed by atoms with Crippen LogP contribution in [-0.2, 0) is 5.54 Å². The Morgan fingerprint density at radius 3 is 2.75 bits per heavy atom. The number of rotatable bonds is 1. The molecule has 16 heavy (non-hydrogen) atoms. The number of hydrogen-bond donors (Lipinski definition) is 2. The predicted molar refractivity (Wildman–Crippen MR) is 70.3 cm³/mol. The molecule has 2 nitrogen and oxygen atoms in total. The zero-order chi connectivity index (χ0) is 11.2. The summed E-state index contributed by atoms with van der Waals surface area (Å²) in [6.07, 6.45) is 6.79. The van der Waals surface area contributed by atoms with Gasteiger partial charge in [0.25, 0.3) is 0 Å². The Hall–Kier alpha value is -0.800. The Balaban J connectivity index is 2.19. The Bertz CT molecular complexity index is 524. The van der Waals surface area contributed by atoms with Gasteiger partial charge in [0.1, 0.15) is 0 Å². The first-order valence-electron chi connectivity index (χ1n) is 5.75. The van der Waals surface area contributed by atoms with E-state index in [-0.39, 0.29) is 5.54 Å². The van der Waals surface area contributed by atoms with Gasteiger partial charge in [0.05, 0.1) is 0 Å². The van der Waals surface area contributed by atoms with Crippen molar-refractivity contribution in [3.63, 3.8) is 0 Å². The maximum absolute atomic E-state index is 6.51. The molecular formula is C13H15BrN2. The molecule has 2 aromatic rings. The van der Waals surface area contributed by atoms with Crippen LogP contribution in [0.2, 0.25) is 0 Å². The molecule has 1 heterocycles. The monoisotopic (exact) mass is 278 g/mol. The summed E-state index contributed by atoms with van der Waals surface area (Å²) in [5.41, 5.74) is 8.85. The fourth-order valence-corrected chi connectivity index (χ4v) is 3.14. The molecule has 0 unspecified atom stereocenters. The fraction of sp³-hybridized carbons (Fsp3) is 0.385. The number of benzene rings is 1. The SMILES string of the molecule is NC1(c2c[nH]c3ccc(Br)cc23)CCCC1. The first kappa shape index (κ1) is 10.4. The highest BCUT2D eigenvalue weighted by Crippen LogP contribution is 2.39. The highest BCUT2D eigenvalue weighted by atomic mass is 79.9. The summed E-state index contributed by atoms with van der Waals surface area (Å²) < 4.78 is 1.11. The summed E-state index contributed by atoms with van der Waals surface area (Å²) in [6, 6.07) is 6.32. The van der Waals surface area contributed by atoms with E-state index in [0.29, 0.717) is 0 Å². The van der Waals surface area contributed by atoms with E-state index < -0.39 is 0 Å². The van der Waals surface area contributed by atoms with Crippen molar-refractivity contribution in [3.8, 4) is 0 Å². The third kappa shape index (κ3) is 1.50. The minimum absolute atomic E-state index is 0.112. The molecule has 1 saturated carbocycles. The Kier molecular flexibility index (Phi) is 2.33. The van der Waals surface area contributed by atoms with Gasteiger partial charge in [-0.1, -0.05) is 28.8 Å². The van der Waals surface area contributed by atoms with Gasteiger partial charge < -0.3 is 10.7 Å². The molecule has 1 fully saturated rings. The summed E-state index contributed by atoms with van der Waals surface area (Å²) in [5, 5.41) is 1.26. The summed E-state index contributed by atoms with van der Waals surface area (Å²) in [4.78, 5) is 3.32. The molecule has 84 valence electrons. The molecule has 1 aliphatic rings. The number of hydrogen-bond acceptors (Lipinski definition) is 1. The normalized spacial score (nSPS) is 19.4. The smallest absolute Gasteiger partial charge is 0.0458 e. The van der Waals surface area contributed by atoms with Crippen LogP contribution in [0.1, 0.15) is 31.2 Å². The minimum atomic E-state index is -0.112. The first-order chi connectivity index (χ1) is 7.69. The topological polar surface area (TPSA) is 41.8 Å². The average molecular weight is 279 g/mol. The van der Waals surface area contributed by atoms with E-state index in [4.69, 9.17) is 5.73 Å². The van der Waals surface area contributed by atoms with E-state index in [0.717, 1.165) is 17.3 Å². The number of aromatic nitrogens is 1. The zero-order valence-corrected chi connectivity index (χ0v) is 10.7. The molecule has 0 atom stereocenters. The van der Waals surface area contributed by atoms with Gasteiger partial charge in [-0.15, -0.1) is 0 Å². The maximum Gasteiger partial charge on any atom is 0.0458 e. The summed E-state index contributed by atoms with van der Waals surface area (Å²) in [7, 11) is 0. The second kappa shape index (κ2) is 3.60. The van der Waals surface area contributed by atoms with E-state index in [9.17, 15) is 0 Å². The standard InChI is InChI=1S/C13H15BrN2/c14-9-3-4-12-10(7-9)11(8-16-12)13(15)5-1-2-6-13/h3-4,7-8,16H,1-2,5-6,15H2. The third-order valence-corrected chi connectivity index (χ3v) is 4.17. The molecule has 1 aromatic heterocycles. The van der Waals surface area contributed by atoms with Gasteiger partial charge in [-0.3, -0.25) is 0 Å². The molecule has 0 saturated heterocycles. The molecule has 3 rings (SSSR count). The van der Waals surface area contributed by atoms with Gasteiger partial charge >= 0.3 is 0 Å². The lowest BCUT2D eigenvalue weighted by atomic mass is 9.89. The van der Waals surface area contributed by atoms with E-state index in [2.05, 4.69) is 45.3 Å². The van der Waals surface area contributed by atoms with Gasteiger partial charge in [-0.25, -0.2) is 0 Å². The number of halogens is 1. The molecular weight excluding hydrogens is 264 g/mol. The number of nitrogens with two attached hydrogens (primary N) is 1. The Morgan fingerprint density at radius 1 is 1.25 bits per heavy atom. The number of fused-ring (bicyclic) bond motifs is 1. The van der Waals surface area contributed by atoms with Crippen LogP contribution in [0.5, 0.6) is 0 Å². The van der Waals surface area contributed by atoms with Gasteiger partial charge in [0.15, 0.2) is 0 Å². The van der Waals surface area contributed by atoms with Crippen LogP contribution in [0.25, 0.3) is 10.9 Å². The second-order valence-corrected chi connectivity index (χ2v) is 5.67. The average Bonchev–Trinajstić information content (AvgIpc) is 2.84. The fourth-order valence-electron chi connectivity index (χ4n) is 2.78. The van der Waals surface area contributed by atoms with Gasteiger partial charge in [-0.05, 0) is 36.6 Å². The number of H-pyrrole nitrogens is 1. The van der Waals surface area contributed by atoms with Crippen LogP contribution in [-0.4, -0.2) is 4.98 Å². The van der Waals surface area contributed by atoms with Crippen LogP contribution in [0.4, 0.5) is 0 Å². The first-order valence-corrected chi connectivity index (χ1v) is 6.54. The van der Waals surface area contributed by atoms with Crippen molar-refractivity contribution in [2.75, 3.05) is 0 Å². The highest BCUT2D eigenvalue weighted by molar-refractivity contribution is 9.10. The quantitative estimate of drug-likeness (QED) is 0.821. The molecule has 3 N–H and O–H groups in total. The Labute approximate surface area is 103 Å². The lowest BCUT2D eigenvalue weighted by Gasteiger charge is -2.23. The van der Waals surface area contributed by atoms with E-state index in [1.807, 2.05) is 0 Å².